The number of nitrogens with zero attached hydrogens (tertiary/aromatic N) is 10. The molecule has 129 heavy (non-hydrogen) atoms. The van der Waals surface area contributed by atoms with E-state index in [-0.39, 0.29) is 170 Å². The molecule has 0 N–H and O–H groups in total. The summed E-state index contributed by atoms with van der Waals surface area (Å²) >= 11 is 0. The van der Waals surface area contributed by atoms with E-state index in [0.29, 0.717) is 67.2 Å². The van der Waals surface area contributed by atoms with Crippen LogP contribution in [0.15, 0.2) is 121 Å². The maximum atomic E-state index is 11.9. The zero-order chi connectivity index (χ0) is 96.4. The van der Waals surface area contributed by atoms with E-state index in [9.17, 15) is 128 Å². The van der Waals surface area contributed by atoms with Crippen LogP contribution in [0.25, 0.3) is 0 Å². The van der Waals surface area contributed by atoms with Crippen LogP contribution in [0.1, 0.15) is 174 Å². The fourth-order valence-electron chi connectivity index (χ4n) is 9.98. The van der Waals surface area contributed by atoms with E-state index in [4.69, 9.17) is 18.5 Å². The average Bonchev–Trinajstić information content (AvgIpc) is 1.66. The molecule has 4 aromatic rings. The Morgan fingerprint density at radius 2 is 0.543 bits per heavy atom. The van der Waals surface area contributed by atoms with Crippen molar-refractivity contribution in [3.63, 3.8) is 0 Å². The van der Waals surface area contributed by atoms with Gasteiger partial charge in [-0.25, -0.2) is 37.3 Å². The molecule has 0 saturated carbocycles. The Balaban J connectivity index is 0.000000257. The van der Waals surface area contributed by atoms with Crippen LogP contribution in [0.3, 0.4) is 0 Å². The summed E-state index contributed by atoms with van der Waals surface area (Å²) in [4.78, 5) is 245. The summed E-state index contributed by atoms with van der Waals surface area (Å²) in [5.41, 5.74) is 2.40. The molecule has 59 heteroatoms. The second-order valence-electron chi connectivity index (χ2n) is 24.8. The van der Waals surface area contributed by atoms with Gasteiger partial charge in [0.1, 0.15) is 0 Å². The lowest BCUT2D eigenvalue weighted by Crippen LogP contribution is -2.27. The van der Waals surface area contributed by atoms with Crippen LogP contribution in [0, 0.1) is 0 Å². The van der Waals surface area contributed by atoms with Gasteiger partial charge >= 0.3 is 53.0 Å². The number of rotatable bonds is 23. The predicted octanol–water partition coefficient (Wildman–Crippen LogP) is 8.45. The molecule has 10 aliphatic rings. The number of imide groups is 10. The van der Waals surface area contributed by atoms with Crippen molar-refractivity contribution in [2.24, 2.45) is 0 Å². The highest BCUT2D eigenvalue weighted by molar-refractivity contribution is 7.38. The molecule has 49 nitrogen and oxygen atoms in total. The number of hydrogen-bond acceptors (Lipinski definition) is 39. The monoisotopic (exact) mass is 1990 g/mol. The molecule has 9 atom stereocenters. The van der Waals surface area contributed by atoms with Crippen molar-refractivity contribution in [2.45, 2.75) is 90.9 Å². The Labute approximate surface area is 743 Å². The zero-order valence-electron chi connectivity index (χ0n) is 68.3. The molecule has 0 aromatic heterocycles. The molecule has 14 rings (SSSR count). The first-order valence-corrected chi connectivity index (χ1v) is 48.3. The number of amides is 20. The highest BCUT2D eigenvalue weighted by atomic mass is 31.1. The van der Waals surface area contributed by atoms with Gasteiger partial charge in [0.05, 0.1) is 44.5 Å². The summed E-state index contributed by atoms with van der Waals surface area (Å²) in [7, 11) is -8.13. The topological polar surface area (TPSA) is 604 Å². The quantitative estimate of drug-likeness (QED) is 0.0381. The molecular weight excluding hydrogens is 1910 g/mol. The fraction of sp³-hybridized carbons (Fsp3) is 0.286. The van der Waals surface area contributed by atoms with Gasteiger partial charge in [-0.15, -0.1) is 25.3 Å². The van der Waals surface area contributed by atoms with Gasteiger partial charge in [0.25, 0.3) is 118 Å². The summed E-state index contributed by atoms with van der Waals surface area (Å²) in [6.45, 7) is 18.7. The van der Waals surface area contributed by atoms with Crippen molar-refractivity contribution in [1.82, 2.24) is 50.6 Å². The van der Waals surface area contributed by atoms with Crippen LogP contribution in [0.5, 0.6) is 0 Å². The molecule has 10 heterocycles. The smallest absolute Gasteiger partial charge is 0.414 e. The molecule has 6 saturated heterocycles. The van der Waals surface area contributed by atoms with Crippen LogP contribution in [0.2, 0.25) is 0 Å². The van der Waals surface area contributed by atoms with Crippen molar-refractivity contribution < 1.29 is 184 Å². The summed E-state index contributed by atoms with van der Waals surface area (Å²) in [6.07, 6.45) is 2.64. The number of carbonyl (C=O) groups is 22. The lowest BCUT2D eigenvalue weighted by atomic mass is 10.1. The van der Waals surface area contributed by atoms with Gasteiger partial charge in [-0.1, -0.05) is 71.8 Å². The molecular formula is C70H74N10O39P10+4. The number of hydroxylamine groups is 20. The Bertz CT molecular complexity index is 4950. The van der Waals surface area contributed by atoms with Gasteiger partial charge in [-0.3, -0.25) is 95.9 Å². The Morgan fingerprint density at radius 1 is 0.326 bits per heavy atom. The molecule has 0 radical (unpaired) electrons. The lowest BCUT2D eigenvalue weighted by Gasteiger charge is -2.12. The van der Waals surface area contributed by atoms with E-state index in [2.05, 4.69) is 50.0 Å². The van der Waals surface area contributed by atoms with Crippen LogP contribution >= 0.6 is 85.9 Å². The second-order valence-corrected chi connectivity index (χ2v) is 31.6. The highest BCUT2D eigenvalue weighted by Crippen LogP contribution is 2.35. The fourth-order valence-corrected chi connectivity index (χ4v) is 13.9. The summed E-state index contributed by atoms with van der Waals surface area (Å²) in [5.74, 6) is -10.1. The minimum absolute atomic E-state index is 0.0133. The van der Waals surface area contributed by atoms with Gasteiger partial charge in [0.2, 0.25) is 9.03 Å². The number of hydrogen-bond donors (Lipinski definition) is 0. The van der Waals surface area contributed by atoms with E-state index < -0.39 is 133 Å². The first kappa shape index (κ1) is 108. The molecule has 684 valence electrons. The average molecular weight is 1990 g/mol. The van der Waals surface area contributed by atoms with Crippen LogP contribution in [-0.2, 0) is 145 Å². The Kier molecular flexibility index (Phi) is 44.7. The van der Waals surface area contributed by atoms with Crippen LogP contribution in [-0.4, -0.2) is 221 Å². The van der Waals surface area contributed by atoms with Gasteiger partial charge in [-0.05, 0) is 110 Å². The van der Waals surface area contributed by atoms with E-state index in [1.54, 1.807) is 80.7 Å². The van der Waals surface area contributed by atoms with E-state index in [0.717, 1.165) is 20.3 Å². The third kappa shape index (κ3) is 31.1. The maximum Gasteiger partial charge on any atom is 0.778 e. The van der Waals surface area contributed by atoms with E-state index in [1.165, 1.54) is 70.2 Å². The van der Waals surface area contributed by atoms with Gasteiger partial charge in [0, 0.05) is 133 Å². The standard InChI is InChI=1S/C12H9NO6P.C12H10NO5P.C9H7NO4P.C9H8NO3P.2C5H7NO4P.2C5H8NO3P.C4H4NO4P.C4H6NO3P/c1-7(2)12(16)18-20(17)19-13-10(14)8-5-3-4-6-9(8)11(13)15;1-7(2)12(16)17-19-18-13-10(14)8-5-3-4-6-9(8)11(13)15;1-15(13)14-10-8(11)6-4-2-3-5-7(6)9(10)12;1-14-13-10-8(11)6-4-2-3-5-7(6)9(10)12;2*1-11(9)10-6-4(7)2-3-5(6)8;2*1-10-9-6-4(7)2-3-5(6)8;6-3-1-2-4(7)5(3)9-10-8;6-3-1-2-4(7)5(3)8-9/h3-6H,1H2,2H3;3-6,19H,1H2,2H3;2-5H,1H3;2-5,14H,1H3;2*2-3H2,1H3;2*10H,2-3H2,1H3;1-2H2;1-2,9H2/q+1;;+1;;2*+1;;;;. The summed E-state index contributed by atoms with van der Waals surface area (Å²) in [6, 6.07) is 25.4. The Morgan fingerprint density at radius 3 is 0.775 bits per heavy atom. The largest absolute Gasteiger partial charge is 0.778 e. The highest BCUT2D eigenvalue weighted by Gasteiger charge is 2.47. The third-order valence-corrected chi connectivity index (χ3v) is 19.5. The molecule has 9 unspecified atom stereocenters. The van der Waals surface area contributed by atoms with Crippen LogP contribution in [0.4, 0.5) is 0 Å². The van der Waals surface area contributed by atoms with Crippen molar-refractivity contribution >= 4 is 216 Å². The molecule has 4 aromatic carbocycles. The Hall–Kier alpha value is -11.1. The van der Waals surface area contributed by atoms with E-state index in [1.807, 2.05) is 9.47 Å². The lowest BCUT2D eigenvalue weighted by molar-refractivity contribution is -0.164. The van der Waals surface area contributed by atoms with Gasteiger partial charge in [0.15, 0.2) is 20.0 Å². The van der Waals surface area contributed by atoms with Crippen molar-refractivity contribution in [1.29, 1.82) is 0 Å². The van der Waals surface area contributed by atoms with Crippen molar-refractivity contribution in [3.05, 3.63) is 166 Å². The molecule has 0 aliphatic carbocycles. The number of benzene rings is 4. The first-order chi connectivity index (χ1) is 61.0. The normalized spacial score (nSPS) is 17.0. The molecule has 0 spiro atoms. The van der Waals surface area contributed by atoms with Gasteiger partial charge < -0.3 is 4.52 Å². The first-order valence-electron chi connectivity index (χ1n) is 36.1. The van der Waals surface area contributed by atoms with Crippen LogP contribution < -0.4 is 0 Å². The maximum absolute atomic E-state index is 11.9. The molecule has 0 bridgehead atoms. The summed E-state index contributed by atoms with van der Waals surface area (Å²) in [5, 5.41) is 6.43. The number of fused-ring (bicyclic) bond motifs is 4. The van der Waals surface area contributed by atoms with Crippen molar-refractivity contribution in [2.75, 3.05) is 40.0 Å². The number of carbonyl (C=O) groups excluding carboxylic acids is 22. The SMILES string of the molecule is C=C(C)C(=O)OPON1C(=O)c2ccccc2C1=O.C=C(C)C(=O)O[P+](=O)ON1C(=O)c2ccccc2C1=O.CPON1C(=O)CCC1=O.CPON1C(=O)CCC1=O.CPON1C(=O)c2ccccc2C1=O.C[P+](=O)ON1C(=O)CCC1=O.C[P+](=O)ON1C(=O)CCC1=O.C[P+](=O)ON1C(=O)c2ccccc2C1=O.O=C1CCC(=O)N1OP.O=PON1C(=O)CCC1=O. The molecule has 10 aliphatic heterocycles. The molecule has 20 amide bonds. The minimum Gasteiger partial charge on any atom is -0.414 e. The predicted molar refractivity (Wildman–Crippen MR) is 443 cm³/mol. The third-order valence-electron chi connectivity index (χ3n) is 15.7. The van der Waals surface area contributed by atoms with Gasteiger partial charge in [-0.2, -0.15) is 24.3 Å². The molecule has 6 fully saturated rings. The minimum atomic E-state index is -3.00. The zero-order valence-corrected chi connectivity index (χ0v) is 78.0. The summed E-state index contributed by atoms with van der Waals surface area (Å²) < 4.78 is 108. The second kappa shape index (κ2) is 53.2. The van der Waals surface area contributed by atoms with E-state index >= 15 is 0 Å². The van der Waals surface area contributed by atoms with Crippen molar-refractivity contribution in [3.8, 4) is 0 Å².